The maximum absolute atomic E-state index is 12.0. The summed E-state index contributed by atoms with van der Waals surface area (Å²) in [4.78, 5) is 22.7. The van der Waals surface area contributed by atoms with E-state index in [2.05, 4.69) is 32.1 Å². The Bertz CT molecular complexity index is 738. The third-order valence-corrected chi connectivity index (χ3v) is 3.87. The number of aromatic amines is 1. The lowest BCUT2D eigenvalue weighted by atomic mass is 10.1. The van der Waals surface area contributed by atoms with E-state index in [0.29, 0.717) is 17.5 Å². The molecule has 3 rings (SSSR count). The summed E-state index contributed by atoms with van der Waals surface area (Å²) in [6.07, 6.45) is 3.23. The van der Waals surface area contributed by atoms with Crippen LogP contribution >= 0.6 is 0 Å². The number of carbonyl (C=O) groups excluding carboxylic acids is 1. The minimum Gasteiger partial charge on any atom is -0.331 e. The number of aromatic nitrogens is 4. The smallest absolute Gasteiger partial charge is 0.246 e. The highest BCUT2D eigenvalue weighted by Gasteiger charge is 2.30. The van der Waals surface area contributed by atoms with Crippen molar-refractivity contribution in [1.29, 1.82) is 0 Å². The summed E-state index contributed by atoms with van der Waals surface area (Å²) in [5, 5.41) is 10.2. The summed E-state index contributed by atoms with van der Waals surface area (Å²) < 4.78 is 0. The Morgan fingerprint density at radius 2 is 2.22 bits per heavy atom. The number of hydrogen-bond acceptors (Lipinski definition) is 5. The first kappa shape index (κ1) is 15.2. The van der Waals surface area contributed by atoms with Gasteiger partial charge in [-0.2, -0.15) is 5.10 Å². The summed E-state index contributed by atoms with van der Waals surface area (Å²) >= 11 is 0. The number of aryl methyl sites for hydroxylation is 2. The molecule has 0 radical (unpaired) electrons. The van der Waals surface area contributed by atoms with E-state index in [-0.39, 0.29) is 11.9 Å². The Kier molecular flexibility index (Phi) is 4.10. The van der Waals surface area contributed by atoms with Gasteiger partial charge in [-0.1, -0.05) is 6.58 Å². The number of nitrogens with zero attached hydrogens (tertiary/aromatic N) is 4. The van der Waals surface area contributed by atoms with E-state index < -0.39 is 0 Å². The fourth-order valence-electron chi connectivity index (χ4n) is 2.89. The van der Waals surface area contributed by atoms with Crippen molar-refractivity contribution in [3.63, 3.8) is 0 Å². The summed E-state index contributed by atoms with van der Waals surface area (Å²) in [5.41, 5.74) is 1.82. The Labute approximate surface area is 134 Å². The van der Waals surface area contributed by atoms with E-state index in [1.807, 2.05) is 30.9 Å². The van der Waals surface area contributed by atoms with E-state index >= 15 is 0 Å². The average molecular weight is 312 g/mol. The first-order chi connectivity index (χ1) is 11.1. The number of likely N-dealkylation sites (tertiary alicyclic amines) is 1. The van der Waals surface area contributed by atoms with Gasteiger partial charge in [0, 0.05) is 24.4 Å². The van der Waals surface area contributed by atoms with E-state index in [0.717, 1.165) is 30.8 Å². The Hall–Kier alpha value is -2.70. The van der Waals surface area contributed by atoms with Crippen molar-refractivity contribution in [2.45, 2.75) is 32.7 Å². The van der Waals surface area contributed by atoms with Gasteiger partial charge in [-0.3, -0.25) is 9.89 Å². The fourth-order valence-corrected chi connectivity index (χ4v) is 2.89. The molecule has 0 spiro atoms. The molecule has 120 valence electrons. The Morgan fingerprint density at radius 3 is 2.91 bits per heavy atom. The van der Waals surface area contributed by atoms with Gasteiger partial charge in [0.25, 0.3) is 0 Å². The van der Waals surface area contributed by atoms with Gasteiger partial charge in [0.1, 0.15) is 11.6 Å². The van der Waals surface area contributed by atoms with Gasteiger partial charge >= 0.3 is 0 Å². The SMILES string of the molecule is C=CC(=O)N1CCC[C@H]1c1cc(Nc2cc(C)[nH]n2)nc(C)n1. The molecule has 1 aliphatic heterocycles. The van der Waals surface area contributed by atoms with Gasteiger partial charge in [-0.15, -0.1) is 0 Å². The monoisotopic (exact) mass is 312 g/mol. The van der Waals surface area contributed by atoms with E-state index in [4.69, 9.17) is 0 Å². The third-order valence-electron chi connectivity index (χ3n) is 3.87. The molecule has 7 heteroatoms. The number of anilines is 2. The second-order valence-electron chi connectivity index (χ2n) is 5.68. The molecule has 7 nitrogen and oxygen atoms in total. The number of hydrogen-bond donors (Lipinski definition) is 2. The van der Waals surface area contributed by atoms with E-state index in [1.54, 1.807) is 0 Å². The van der Waals surface area contributed by atoms with Crippen LogP contribution in [0.3, 0.4) is 0 Å². The van der Waals surface area contributed by atoms with Crippen LogP contribution in [-0.2, 0) is 4.79 Å². The first-order valence-electron chi connectivity index (χ1n) is 7.64. The lowest BCUT2D eigenvalue weighted by Crippen LogP contribution is -2.29. The molecule has 1 atom stereocenters. The molecule has 0 saturated carbocycles. The second-order valence-corrected chi connectivity index (χ2v) is 5.68. The molecule has 1 amide bonds. The van der Waals surface area contributed by atoms with Gasteiger partial charge in [0.2, 0.25) is 5.91 Å². The molecule has 1 aliphatic rings. The zero-order chi connectivity index (χ0) is 16.4. The highest BCUT2D eigenvalue weighted by molar-refractivity contribution is 5.87. The largest absolute Gasteiger partial charge is 0.331 e. The van der Waals surface area contributed by atoms with Crippen LogP contribution in [-0.4, -0.2) is 37.5 Å². The molecule has 1 saturated heterocycles. The second kappa shape index (κ2) is 6.20. The minimum absolute atomic E-state index is 0.0244. The van der Waals surface area contributed by atoms with Crippen LogP contribution in [0.1, 0.15) is 36.1 Å². The molecule has 2 N–H and O–H groups in total. The van der Waals surface area contributed by atoms with Gasteiger partial charge < -0.3 is 10.2 Å². The van der Waals surface area contributed by atoms with Crippen LogP contribution in [0, 0.1) is 13.8 Å². The van der Waals surface area contributed by atoms with Gasteiger partial charge in [0.05, 0.1) is 11.7 Å². The van der Waals surface area contributed by atoms with Crippen molar-refractivity contribution < 1.29 is 4.79 Å². The summed E-state index contributed by atoms with van der Waals surface area (Å²) in [5.74, 6) is 1.99. The molecular formula is C16H20N6O. The average Bonchev–Trinajstić information content (AvgIpc) is 3.15. The zero-order valence-corrected chi connectivity index (χ0v) is 13.3. The van der Waals surface area contributed by atoms with E-state index in [9.17, 15) is 4.79 Å². The van der Waals surface area contributed by atoms with Crippen molar-refractivity contribution in [1.82, 2.24) is 25.1 Å². The first-order valence-corrected chi connectivity index (χ1v) is 7.64. The summed E-state index contributed by atoms with van der Waals surface area (Å²) in [7, 11) is 0. The van der Waals surface area contributed by atoms with Crippen LogP contribution in [0.4, 0.5) is 11.6 Å². The standard InChI is InChI=1S/C16H20N6O/c1-4-16(23)22-7-5-6-13(22)12-9-14(18-11(3)17-12)19-15-8-10(2)20-21-15/h4,8-9,13H,1,5-7H2,2-3H3,(H2,17,18,19,20,21)/t13-/m0/s1. The fraction of sp³-hybridized carbons (Fsp3) is 0.375. The molecule has 2 aromatic rings. The molecule has 0 bridgehead atoms. The highest BCUT2D eigenvalue weighted by Crippen LogP contribution is 2.32. The Morgan fingerprint density at radius 1 is 1.39 bits per heavy atom. The quantitative estimate of drug-likeness (QED) is 0.847. The topological polar surface area (TPSA) is 86.8 Å². The molecule has 0 unspecified atom stereocenters. The molecule has 3 heterocycles. The van der Waals surface area contributed by atoms with Gasteiger partial charge in [-0.05, 0) is 32.8 Å². The molecular weight excluding hydrogens is 292 g/mol. The maximum atomic E-state index is 12.0. The van der Waals surface area contributed by atoms with Crippen molar-refractivity contribution in [3.8, 4) is 0 Å². The lowest BCUT2D eigenvalue weighted by Gasteiger charge is -2.23. The molecule has 1 fully saturated rings. The van der Waals surface area contributed by atoms with Crippen molar-refractivity contribution in [2.75, 3.05) is 11.9 Å². The molecule has 23 heavy (non-hydrogen) atoms. The highest BCUT2D eigenvalue weighted by atomic mass is 16.2. The zero-order valence-electron chi connectivity index (χ0n) is 13.3. The predicted molar refractivity (Wildman–Crippen MR) is 87.3 cm³/mol. The normalized spacial score (nSPS) is 17.3. The number of carbonyl (C=O) groups is 1. The van der Waals surface area contributed by atoms with Crippen molar-refractivity contribution >= 4 is 17.5 Å². The molecule has 0 aliphatic carbocycles. The minimum atomic E-state index is -0.0544. The third kappa shape index (κ3) is 3.23. The van der Waals surface area contributed by atoms with Gasteiger partial charge in [0.15, 0.2) is 5.82 Å². The van der Waals surface area contributed by atoms with Crippen LogP contribution in [0.2, 0.25) is 0 Å². The van der Waals surface area contributed by atoms with Crippen molar-refractivity contribution in [2.24, 2.45) is 0 Å². The van der Waals surface area contributed by atoms with Gasteiger partial charge in [-0.25, -0.2) is 9.97 Å². The number of H-pyrrole nitrogens is 1. The maximum Gasteiger partial charge on any atom is 0.246 e. The molecule has 2 aromatic heterocycles. The summed E-state index contributed by atoms with van der Waals surface area (Å²) in [6, 6.07) is 3.76. The number of nitrogens with one attached hydrogen (secondary N) is 2. The van der Waals surface area contributed by atoms with Crippen molar-refractivity contribution in [3.05, 3.63) is 42.0 Å². The molecule has 0 aromatic carbocycles. The summed E-state index contributed by atoms with van der Waals surface area (Å²) in [6.45, 7) is 8.10. The van der Waals surface area contributed by atoms with Crippen LogP contribution in [0.25, 0.3) is 0 Å². The van der Waals surface area contributed by atoms with Crippen LogP contribution in [0.5, 0.6) is 0 Å². The van der Waals surface area contributed by atoms with E-state index in [1.165, 1.54) is 6.08 Å². The van der Waals surface area contributed by atoms with Crippen LogP contribution < -0.4 is 5.32 Å². The lowest BCUT2D eigenvalue weighted by molar-refractivity contribution is -0.126. The predicted octanol–water partition coefficient (Wildman–Crippen LogP) is 2.41. The Balaban J connectivity index is 1.88. The number of rotatable bonds is 4. The number of amides is 1. The van der Waals surface area contributed by atoms with Crippen LogP contribution in [0.15, 0.2) is 24.8 Å².